The van der Waals surface area contributed by atoms with Crippen molar-refractivity contribution < 1.29 is 14.7 Å². The van der Waals surface area contributed by atoms with E-state index in [1.54, 1.807) is 12.1 Å². The number of carboxylic acids is 1. The third-order valence-corrected chi connectivity index (χ3v) is 4.02. The Bertz CT molecular complexity index is 534. The fraction of sp³-hybridized carbons (Fsp3) is 0.467. The van der Waals surface area contributed by atoms with Gasteiger partial charge in [0.15, 0.2) is 5.78 Å². The van der Waals surface area contributed by atoms with Crippen LogP contribution in [-0.4, -0.2) is 29.9 Å². The normalized spacial score (nSPS) is 23.4. The maximum absolute atomic E-state index is 12.0. The Labute approximate surface area is 111 Å². The molecule has 1 unspecified atom stereocenters. The van der Waals surface area contributed by atoms with Crippen molar-refractivity contribution >= 4 is 11.8 Å². The second-order valence-electron chi connectivity index (χ2n) is 5.41. The molecule has 0 amide bonds. The van der Waals surface area contributed by atoms with Gasteiger partial charge in [-0.2, -0.15) is 0 Å². The number of benzene rings is 1. The molecule has 100 valence electrons. The van der Waals surface area contributed by atoms with Gasteiger partial charge in [-0.15, -0.1) is 0 Å². The molecule has 0 spiro atoms. The van der Waals surface area contributed by atoms with Crippen molar-refractivity contribution in [2.75, 3.05) is 13.1 Å². The summed E-state index contributed by atoms with van der Waals surface area (Å²) in [7, 11) is 0. The Kier molecular flexibility index (Phi) is 3.11. The molecule has 1 saturated carbocycles. The lowest BCUT2D eigenvalue weighted by molar-refractivity contribution is -0.120. The number of piperidine rings is 1. The summed E-state index contributed by atoms with van der Waals surface area (Å²) < 4.78 is 0. The van der Waals surface area contributed by atoms with Crippen LogP contribution in [0.2, 0.25) is 0 Å². The molecule has 0 bridgehead atoms. The van der Waals surface area contributed by atoms with Crippen molar-refractivity contribution in [3.63, 3.8) is 0 Å². The second-order valence-corrected chi connectivity index (χ2v) is 5.41. The van der Waals surface area contributed by atoms with Crippen molar-refractivity contribution in [3.8, 4) is 0 Å². The molecule has 2 N–H and O–H groups in total. The Hall–Kier alpha value is -1.68. The Morgan fingerprint density at radius 1 is 1.21 bits per heavy atom. The van der Waals surface area contributed by atoms with E-state index in [1.165, 1.54) is 0 Å². The maximum atomic E-state index is 12.0. The average Bonchev–Trinajstić information content (AvgIpc) is 3.23. The van der Waals surface area contributed by atoms with Crippen molar-refractivity contribution in [2.24, 2.45) is 0 Å². The highest BCUT2D eigenvalue weighted by Gasteiger charge is 2.32. The zero-order valence-electron chi connectivity index (χ0n) is 10.7. The number of rotatable bonds is 3. The van der Waals surface area contributed by atoms with Crippen LogP contribution in [0.15, 0.2) is 18.2 Å². The van der Waals surface area contributed by atoms with Crippen molar-refractivity contribution in [3.05, 3.63) is 34.9 Å². The number of aromatic carboxylic acids is 1. The number of carboxylic acid groups (broad SMARTS) is 1. The summed E-state index contributed by atoms with van der Waals surface area (Å²) in [4.78, 5) is 23.1. The summed E-state index contributed by atoms with van der Waals surface area (Å²) in [5.41, 5.74) is 2.46. The van der Waals surface area contributed by atoms with Gasteiger partial charge in [-0.05, 0) is 55.0 Å². The second kappa shape index (κ2) is 4.78. The van der Waals surface area contributed by atoms with Gasteiger partial charge in [0.1, 0.15) is 0 Å². The summed E-state index contributed by atoms with van der Waals surface area (Å²) in [6, 6.07) is 5.24. The molecule has 19 heavy (non-hydrogen) atoms. The number of carbonyl (C=O) groups is 2. The summed E-state index contributed by atoms with van der Waals surface area (Å²) in [5.74, 6) is -0.280. The molecule has 0 radical (unpaired) electrons. The zero-order chi connectivity index (χ0) is 13.4. The molecular weight excluding hydrogens is 242 g/mol. The molecule has 3 rings (SSSR count). The highest BCUT2D eigenvalue weighted by Crippen LogP contribution is 2.44. The van der Waals surface area contributed by atoms with Gasteiger partial charge < -0.3 is 10.4 Å². The lowest BCUT2D eigenvalue weighted by Crippen LogP contribution is -2.36. The fourth-order valence-electron chi connectivity index (χ4n) is 2.84. The zero-order valence-corrected chi connectivity index (χ0v) is 10.7. The van der Waals surface area contributed by atoms with Crippen LogP contribution in [0.3, 0.4) is 0 Å². The maximum Gasteiger partial charge on any atom is 0.335 e. The van der Waals surface area contributed by atoms with Crippen LogP contribution in [0.1, 0.15) is 52.6 Å². The van der Waals surface area contributed by atoms with Gasteiger partial charge in [-0.3, -0.25) is 4.79 Å². The van der Waals surface area contributed by atoms with Crippen LogP contribution >= 0.6 is 0 Å². The van der Waals surface area contributed by atoms with E-state index in [0.29, 0.717) is 18.0 Å². The lowest BCUT2D eigenvalue weighted by atomic mass is 9.84. The number of Topliss-reactive ketones (excluding diaryl/α,β-unsaturated/α-hetero) is 1. The van der Waals surface area contributed by atoms with Crippen LogP contribution in [-0.2, 0) is 4.79 Å². The average molecular weight is 259 g/mol. The van der Waals surface area contributed by atoms with Gasteiger partial charge in [0.25, 0.3) is 0 Å². The summed E-state index contributed by atoms with van der Waals surface area (Å²) in [6.45, 7) is 1.27. The Morgan fingerprint density at radius 3 is 2.63 bits per heavy atom. The SMILES string of the molecule is O=C(O)c1ccc(C2CCNCC2=O)c(C2CC2)c1. The van der Waals surface area contributed by atoms with Crippen LogP contribution in [0.5, 0.6) is 0 Å². The standard InChI is InChI=1S/C15H17NO3/c17-14-8-16-6-5-12(14)11-4-3-10(15(18)19)7-13(11)9-1-2-9/h3-4,7,9,12,16H,1-2,5-6,8H2,(H,18,19). The van der Waals surface area contributed by atoms with Crippen LogP contribution in [0.25, 0.3) is 0 Å². The summed E-state index contributed by atoms with van der Waals surface area (Å²) in [6.07, 6.45) is 3.02. The number of nitrogens with one attached hydrogen (secondary N) is 1. The van der Waals surface area contributed by atoms with Gasteiger partial charge in [0.2, 0.25) is 0 Å². The predicted octanol–water partition coefficient (Wildman–Crippen LogP) is 1.91. The van der Waals surface area contributed by atoms with Crippen molar-refractivity contribution in [1.82, 2.24) is 5.32 Å². The minimum atomic E-state index is -0.898. The van der Waals surface area contributed by atoms with Gasteiger partial charge >= 0.3 is 5.97 Å². The van der Waals surface area contributed by atoms with E-state index in [4.69, 9.17) is 5.11 Å². The van der Waals surface area contributed by atoms with E-state index < -0.39 is 5.97 Å². The largest absolute Gasteiger partial charge is 0.478 e. The molecule has 1 atom stereocenters. The topological polar surface area (TPSA) is 66.4 Å². The third-order valence-electron chi connectivity index (χ3n) is 4.02. The Morgan fingerprint density at radius 2 is 2.00 bits per heavy atom. The van der Waals surface area contributed by atoms with Gasteiger partial charge in [-0.1, -0.05) is 6.07 Å². The number of carbonyl (C=O) groups excluding carboxylic acids is 1. The van der Waals surface area contributed by atoms with E-state index in [0.717, 1.165) is 36.9 Å². The summed E-state index contributed by atoms with van der Waals surface area (Å²) >= 11 is 0. The van der Waals surface area contributed by atoms with E-state index >= 15 is 0 Å². The highest BCUT2D eigenvalue weighted by molar-refractivity contribution is 5.90. The van der Waals surface area contributed by atoms with Gasteiger partial charge in [0.05, 0.1) is 12.1 Å². The molecule has 4 nitrogen and oxygen atoms in total. The lowest BCUT2D eigenvalue weighted by Gasteiger charge is -2.24. The van der Waals surface area contributed by atoms with E-state index in [2.05, 4.69) is 5.32 Å². The molecule has 2 aliphatic rings. The Balaban J connectivity index is 1.99. The number of ketones is 1. The molecule has 1 aromatic carbocycles. The fourth-order valence-corrected chi connectivity index (χ4v) is 2.84. The minimum absolute atomic E-state index is 0.0558. The number of hydrogen-bond acceptors (Lipinski definition) is 3. The molecule has 1 aromatic rings. The summed E-state index contributed by atoms with van der Waals surface area (Å²) in [5, 5.41) is 12.2. The van der Waals surface area contributed by atoms with E-state index in [9.17, 15) is 9.59 Å². The van der Waals surface area contributed by atoms with Gasteiger partial charge in [-0.25, -0.2) is 4.79 Å². The molecule has 0 aromatic heterocycles. The first-order valence-corrected chi connectivity index (χ1v) is 6.77. The molecule has 1 aliphatic heterocycles. The molecule has 1 heterocycles. The first-order chi connectivity index (χ1) is 9.16. The highest BCUT2D eigenvalue weighted by atomic mass is 16.4. The first kappa shape index (κ1) is 12.4. The molecule has 1 aliphatic carbocycles. The molecule has 1 saturated heterocycles. The van der Waals surface area contributed by atoms with Gasteiger partial charge in [0, 0.05) is 5.92 Å². The smallest absolute Gasteiger partial charge is 0.335 e. The van der Waals surface area contributed by atoms with Crippen molar-refractivity contribution in [2.45, 2.75) is 31.1 Å². The van der Waals surface area contributed by atoms with Crippen LogP contribution < -0.4 is 5.32 Å². The first-order valence-electron chi connectivity index (χ1n) is 6.77. The predicted molar refractivity (Wildman–Crippen MR) is 70.6 cm³/mol. The van der Waals surface area contributed by atoms with Crippen molar-refractivity contribution in [1.29, 1.82) is 0 Å². The van der Waals surface area contributed by atoms with E-state index in [1.807, 2.05) is 6.07 Å². The van der Waals surface area contributed by atoms with E-state index in [-0.39, 0.29) is 11.7 Å². The monoisotopic (exact) mass is 259 g/mol. The molecule has 2 fully saturated rings. The quantitative estimate of drug-likeness (QED) is 0.870. The number of hydrogen-bond donors (Lipinski definition) is 2. The third kappa shape index (κ3) is 2.40. The minimum Gasteiger partial charge on any atom is -0.478 e. The molecule has 4 heteroatoms. The van der Waals surface area contributed by atoms with Crippen LogP contribution in [0.4, 0.5) is 0 Å². The molecular formula is C15H17NO3. The van der Waals surface area contributed by atoms with Crippen LogP contribution in [0, 0.1) is 0 Å².